The Hall–Kier alpha value is -2.16. The van der Waals surface area contributed by atoms with Crippen LogP contribution in [0.1, 0.15) is 29.7 Å². The van der Waals surface area contributed by atoms with Gasteiger partial charge >= 0.3 is 6.03 Å². The fraction of sp³-hybridized carbons (Fsp3) is 0.269. The molecule has 0 aliphatic heterocycles. The van der Waals surface area contributed by atoms with Gasteiger partial charge in [-0.15, -0.1) is 0 Å². The number of nitrogens with one attached hydrogen (secondary N) is 1. The SMILES string of the molecule is C[C@H](NC(=O)N(C)C(Cc1ccc(Br)cc1)Cc1ccc(Br)cc1)c1ccc(S(C)(=O)=O)cc1. The molecule has 0 heterocycles. The van der Waals surface area contributed by atoms with Gasteiger partial charge in [-0.05, 0) is 72.9 Å². The van der Waals surface area contributed by atoms with Crippen LogP contribution in [0.4, 0.5) is 4.79 Å². The predicted octanol–water partition coefficient (Wildman–Crippen LogP) is 6.17. The fourth-order valence-electron chi connectivity index (χ4n) is 3.67. The molecule has 0 bridgehead atoms. The molecule has 0 saturated heterocycles. The molecule has 0 unspecified atom stereocenters. The van der Waals surface area contributed by atoms with E-state index in [4.69, 9.17) is 0 Å². The number of urea groups is 1. The molecule has 0 aromatic heterocycles. The van der Waals surface area contributed by atoms with Crippen LogP contribution in [0, 0.1) is 0 Å². The van der Waals surface area contributed by atoms with Gasteiger partial charge in [0.25, 0.3) is 0 Å². The summed E-state index contributed by atoms with van der Waals surface area (Å²) in [5, 5.41) is 3.05. The number of halogens is 2. The minimum absolute atomic E-state index is 0.0536. The van der Waals surface area contributed by atoms with E-state index in [0.29, 0.717) is 12.8 Å². The van der Waals surface area contributed by atoms with E-state index in [9.17, 15) is 13.2 Å². The number of sulfone groups is 1. The van der Waals surface area contributed by atoms with Crippen molar-refractivity contribution in [3.63, 3.8) is 0 Å². The van der Waals surface area contributed by atoms with Crippen LogP contribution in [0.2, 0.25) is 0 Å². The molecule has 0 spiro atoms. The lowest BCUT2D eigenvalue weighted by Gasteiger charge is -2.30. The number of benzene rings is 3. The van der Waals surface area contributed by atoms with Gasteiger partial charge in [0.2, 0.25) is 0 Å². The molecule has 0 saturated carbocycles. The monoisotopic (exact) mass is 606 g/mol. The second-order valence-corrected chi connectivity index (χ2v) is 12.3. The maximum Gasteiger partial charge on any atom is 0.317 e. The van der Waals surface area contributed by atoms with E-state index < -0.39 is 9.84 Å². The van der Waals surface area contributed by atoms with E-state index in [0.717, 1.165) is 25.6 Å². The van der Waals surface area contributed by atoms with Gasteiger partial charge in [-0.1, -0.05) is 68.3 Å². The van der Waals surface area contributed by atoms with Crippen molar-refractivity contribution in [3.05, 3.63) is 98.4 Å². The Kier molecular flexibility index (Phi) is 8.95. The zero-order valence-electron chi connectivity index (χ0n) is 19.3. The minimum Gasteiger partial charge on any atom is -0.331 e. The largest absolute Gasteiger partial charge is 0.331 e. The Morgan fingerprint density at radius 3 is 1.71 bits per heavy atom. The van der Waals surface area contributed by atoms with E-state index in [2.05, 4.69) is 61.4 Å². The van der Waals surface area contributed by atoms with Gasteiger partial charge in [0.05, 0.1) is 10.9 Å². The smallest absolute Gasteiger partial charge is 0.317 e. The Morgan fingerprint density at radius 2 is 1.29 bits per heavy atom. The molecule has 8 heteroatoms. The number of rotatable bonds is 8. The molecule has 3 aromatic rings. The average Bonchev–Trinajstić information content (AvgIpc) is 2.80. The molecule has 180 valence electrons. The molecule has 34 heavy (non-hydrogen) atoms. The number of nitrogens with zero attached hydrogens (tertiary/aromatic N) is 1. The van der Waals surface area contributed by atoms with Crippen LogP contribution < -0.4 is 5.32 Å². The topological polar surface area (TPSA) is 66.5 Å². The highest BCUT2D eigenvalue weighted by Gasteiger charge is 2.23. The molecule has 3 aromatic carbocycles. The normalized spacial score (nSPS) is 12.4. The van der Waals surface area contributed by atoms with E-state index in [1.54, 1.807) is 29.2 Å². The van der Waals surface area contributed by atoms with Crippen molar-refractivity contribution in [3.8, 4) is 0 Å². The lowest BCUT2D eigenvalue weighted by molar-refractivity contribution is 0.186. The summed E-state index contributed by atoms with van der Waals surface area (Å²) < 4.78 is 25.5. The maximum absolute atomic E-state index is 13.2. The van der Waals surface area contributed by atoms with Gasteiger partial charge < -0.3 is 10.2 Å². The van der Waals surface area contributed by atoms with Crippen LogP contribution in [0.15, 0.2) is 86.6 Å². The lowest BCUT2D eigenvalue weighted by Crippen LogP contribution is -2.46. The number of carbonyl (C=O) groups excluding carboxylic acids is 1. The third kappa shape index (κ3) is 7.42. The van der Waals surface area contributed by atoms with Crippen LogP contribution in [-0.2, 0) is 22.7 Å². The summed E-state index contributed by atoms with van der Waals surface area (Å²) >= 11 is 6.95. The Labute approximate surface area is 218 Å². The molecule has 1 atom stereocenters. The first-order valence-electron chi connectivity index (χ1n) is 10.8. The Morgan fingerprint density at radius 1 is 0.853 bits per heavy atom. The zero-order valence-corrected chi connectivity index (χ0v) is 23.3. The van der Waals surface area contributed by atoms with Gasteiger partial charge in [-0.3, -0.25) is 0 Å². The van der Waals surface area contributed by atoms with Crippen molar-refractivity contribution in [2.45, 2.75) is 36.7 Å². The summed E-state index contributed by atoms with van der Waals surface area (Å²) in [6, 6.07) is 22.4. The van der Waals surface area contributed by atoms with Crippen LogP contribution in [-0.4, -0.2) is 38.7 Å². The van der Waals surface area contributed by atoms with Gasteiger partial charge in [-0.25, -0.2) is 13.2 Å². The number of likely N-dealkylation sites (N-methyl/N-ethyl adjacent to an activating group) is 1. The number of carbonyl (C=O) groups is 1. The molecule has 5 nitrogen and oxygen atoms in total. The van der Waals surface area contributed by atoms with E-state index in [-0.39, 0.29) is 23.0 Å². The molecule has 0 fully saturated rings. The number of hydrogen-bond acceptors (Lipinski definition) is 3. The summed E-state index contributed by atoms with van der Waals surface area (Å²) in [5.41, 5.74) is 3.13. The molecule has 1 N–H and O–H groups in total. The van der Waals surface area contributed by atoms with E-state index in [1.807, 2.05) is 38.2 Å². The average molecular weight is 608 g/mol. The number of hydrogen-bond donors (Lipinski definition) is 1. The minimum atomic E-state index is -3.26. The van der Waals surface area contributed by atoms with Crippen molar-refractivity contribution < 1.29 is 13.2 Å². The highest BCUT2D eigenvalue weighted by molar-refractivity contribution is 9.10. The summed E-state index contributed by atoms with van der Waals surface area (Å²) in [6.45, 7) is 1.89. The van der Waals surface area contributed by atoms with Crippen LogP contribution in [0.5, 0.6) is 0 Å². The van der Waals surface area contributed by atoms with Gasteiger partial charge in [0.1, 0.15) is 0 Å². The highest BCUT2D eigenvalue weighted by atomic mass is 79.9. The van der Waals surface area contributed by atoms with E-state index in [1.165, 1.54) is 6.26 Å². The predicted molar refractivity (Wildman–Crippen MR) is 144 cm³/mol. The zero-order chi connectivity index (χ0) is 24.9. The second kappa shape index (κ2) is 11.5. The molecular formula is C26H28Br2N2O3S. The fourth-order valence-corrected chi connectivity index (χ4v) is 4.83. The van der Waals surface area contributed by atoms with Crippen molar-refractivity contribution in [1.29, 1.82) is 0 Å². The van der Waals surface area contributed by atoms with Crippen LogP contribution in [0.3, 0.4) is 0 Å². The second-order valence-electron chi connectivity index (χ2n) is 8.44. The summed E-state index contributed by atoms with van der Waals surface area (Å²) in [6.07, 6.45) is 2.61. The van der Waals surface area contributed by atoms with Crippen molar-refractivity contribution in [2.24, 2.45) is 0 Å². The lowest BCUT2D eigenvalue weighted by atomic mass is 9.98. The molecule has 0 radical (unpaired) electrons. The quantitative estimate of drug-likeness (QED) is 0.333. The highest BCUT2D eigenvalue weighted by Crippen LogP contribution is 2.20. The van der Waals surface area contributed by atoms with Crippen molar-refractivity contribution in [2.75, 3.05) is 13.3 Å². The summed E-state index contributed by atoms with van der Waals surface area (Å²) in [5.74, 6) is 0. The third-order valence-electron chi connectivity index (χ3n) is 5.79. The summed E-state index contributed by atoms with van der Waals surface area (Å²) in [4.78, 5) is 15.2. The molecule has 0 aliphatic rings. The molecular weight excluding hydrogens is 580 g/mol. The van der Waals surface area contributed by atoms with E-state index >= 15 is 0 Å². The van der Waals surface area contributed by atoms with Gasteiger partial charge in [0.15, 0.2) is 9.84 Å². The first-order valence-corrected chi connectivity index (χ1v) is 14.3. The van der Waals surface area contributed by atoms with Gasteiger partial charge in [0, 0.05) is 28.3 Å². The van der Waals surface area contributed by atoms with Gasteiger partial charge in [-0.2, -0.15) is 0 Å². The third-order valence-corrected chi connectivity index (χ3v) is 7.97. The first-order chi connectivity index (χ1) is 16.0. The Balaban J connectivity index is 1.75. The van der Waals surface area contributed by atoms with Crippen molar-refractivity contribution >= 4 is 47.7 Å². The summed E-state index contributed by atoms with van der Waals surface area (Å²) in [7, 11) is -1.44. The van der Waals surface area contributed by atoms with Crippen LogP contribution >= 0.6 is 31.9 Å². The van der Waals surface area contributed by atoms with Crippen LogP contribution in [0.25, 0.3) is 0 Å². The maximum atomic E-state index is 13.2. The molecule has 2 amide bonds. The van der Waals surface area contributed by atoms with Crippen molar-refractivity contribution in [1.82, 2.24) is 10.2 Å². The number of amides is 2. The molecule has 0 aliphatic carbocycles. The first kappa shape index (κ1) is 26.4. The standard InChI is InChI=1S/C26H28Br2N2O3S/c1-18(21-8-14-25(15-9-21)34(3,32)33)29-26(31)30(2)24(16-19-4-10-22(27)11-5-19)17-20-6-12-23(28)13-7-20/h4-15,18,24H,16-17H2,1-3H3,(H,29,31)/t18-/m0/s1. The Bertz CT molecular complexity index is 1160. The molecule has 3 rings (SSSR count).